The topological polar surface area (TPSA) is 29.9 Å². The Balaban J connectivity index is 1.83. The molecule has 1 aliphatic rings. The maximum absolute atomic E-state index is 4.75. The van der Waals surface area contributed by atoms with E-state index in [0.717, 1.165) is 11.6 Å². The standard InChI is InChI=1S/C16H21N3/c1-17-16(13-7-5-6-8-13)15-11-12-19(18-15)14-9-3-2-4-10-14/h2-4,9-13,16-17H,5-8H2,1H3. The number of benzene rings is 1. The molecule has 0 amide bonds. The molecule has 1 heterocycles. The second-order valence-electron chi connectivity index (χ2n) is 5.33. The Labute approximate surface area is 114 Å². The Morgan fingerprint density at radius 1 is 1.16 bits per heavy atom. The number of para-hydroxylation sites is 1. The number of rotatable bonds is 4. The van der Waals surface area contributed by atoms with Crippen LogP contribution in [0.2, 0.25) is 0 Å². The molecular formula is C16H21N3. The molecule has 0 aliphatic heterocycles. The van der Waals surface area contributed by atoms with E-state index in [0.29, 0.717) is 6.04 Å². The van der Waals surface area contributed by atoms with E-state index in [4.69, 9.17) is 5.10 Å². The second-order valence-corrected chi connectivity index (χ2v) is 5.33. The summed E-state index contributed by atoms with van der Waals surface area (Å²) in [5.41, 5.74) is 2.29. The molecule has 2 aromatic rings. The van der Waals surface area contributed by atoms with Crippen LogP contribution in [0.15, 0.2) is 42.6 Å². The highest BCUT2D eigenvalue weighted by Crippen LogP contribution is 2.34. The maximum atomic E-state index is 4.75. The van der Waals surface area contributed by atoms with Crippen molar-refractivity contribution in [2.75, 3.05) is 7.05 Å². The van der Waals surface area contributed by atoms with Crippen molar-refractivity contribution in [2.24, 2.45) is 5.92 Å². The summed E-state index contributed by atoms with van der Waals surface area (Å²) in [6.07, 6.45) is 7.43. The lowest BCUT2D eigenvalue weighted by Gasteiger charge is -2.20. The summed E-state index contributed by atoms with van der Waals surface area (Å²) in [5.74, 6) is 0.740. The lowest BCUT2D eigenvalue weighted by atomic mass is 9.96. The summed E-state index contributed by atoms with van der Waals surface area (Å²) in [7, 11) is 2.05. The summed E-state index contributed by atoms with van der Waals surface area (Å²) in [6.45, 7) is 0. The summed E-state index contributed by atoms with van der Waals surface area (Å²) in [4.78, 5) is 0. The third-order valence-electron chi connectivity index (χ3n) is 4.13. The normalized spacial score (nSPS) is 17.7. The van der Waals surface area contributed by atoms with Crippen molar-refractivity contribution in [3.05, 3.63) is 48.3 Å². The maximum Gasteiger partial charge on any atom is 0.0801 e. The van der Waals surface area contributed by atoms with Crippen LogP contribution in [0.4, 0.5) is 0 Å². The van der Waals surface area contributed by atoms with Crippen molar-refractivity contribution < 1.29 is 0 Å². The monoisotopic (exact) mass is 255 g/mol. The van der Waals surface area contributed by atoms with E-state index in [1.807, 2.05) is 29.9 Å². The van der Waals surface area contributed by atoms with E-state index in [9.17, 15) is 0 Å². The highest BCUT2D eigenvalue weighted by Gasteiger charge is 2.26. The number of nitrogens with one attached hydrogen (secondary N) is 1. The summed E-state index contributed by atoms with van der Waals surface area (Å²) in [5, 5.41) is 8.20. The van der Waals surface area contributed by atoms with Gasteiger partial charge in [-0.25, -0.2) is 4.68 Å². The highest BCUT2D eigenvalue weighted by molar-refractivity contribution is 5.30. The van der Waals surface area contributed by atoms with Crippen molar-refractivity contribution in [1.29, 1.82) is 0 Å². The fourth-order valence-corrected chi connectivity index (χ4v) is 3.14. The zero-order valence-electron chi connectivity index (χ0n) is 11.4. The van der Waals surface area contributed by atoms with Crippen molar-refractivity contribution in [3.8, 4) is 5.69 Å². The average molecular weight is 255 g/mol. The molecule has 19 heavy (non-hydrogen) atoms. The molecule has 1 aromatic heterocycles. The second kappa shape index (κ2) is 5.57. The first-order valence-electron chi connectivity index (χ1n) is 7.17. The number of aromatic nitrogens is 2. The first-order chi connectivity index (χ1) is 9.38. The van der Waals surface area contributed by atoms with Crippen LogP contribution in [-0.2, 0) is 0 Å². The molecule has 1 fully saturated rings. The smallest absolute Gasteiger partial charge is 0.0801 e. The largest absolute Gasteiger partial charge is 0.311 e. The van der Waals surface area contributed by atoms with Crippen molar-refractivity contribution in [2.45, 2.75) is 31.7 Å². The van der Waals surface area contributed by atoms with Gasteiger partial charge in [-0.05, 0) is 44.0 Å². The van der Waals surface area contributed by atoms with E-state index in [1.54, 1.807) is 0 Å². The van der Waals surface area contributed by atoms with Gasteiger partial charge in [-0.15, -0.1) is 0 Å². The summed E-state index contributed by atoms with van der Waals surface area (Å²) in [6, 6.07) is 12.8. The molecule has 1 N–H and O–H groups in total. The molecule has 100 valence electrons. The molecule has 3 rings (SSSR count). The number of nitrogens with zero attached hydrogens (tertiary/aromatic N) is 2. The number of hydrogen-bond donors (Lipinski definition) is 1. The van der Waals surface area contributed by atoms with E-state index >= 15 is 0 Å². The molecule has 1 atom stereocenters. The van der Waals surface area contributed by atoms with Gasteiger partial charge >= 0.3 is 0 Å². The average Bonchev–Trinajstić information content (AvgIpc) is 3.12. The van der Waals surface area contributed by atoms with Crippen LogP contribution in [0.3, 0.4) is 0 Å². The fraction of sp³-hybridized carbons (Fsp3) is 0.438. The third-order valence-corrected chi connectivity index (χ3v) is 4.13. The van der Waals surface area contributed by atoms with Crippen LogP contribution in [0.5, 0.6) is 0 Å². The predicted octanol–water partition coefficient (Wildman–Crippen LogP) is 3.32. The van der Waals surface area contributed by atoms with Crippen LogP contribution < -0.4 is 5.32 Å². The van der Waals surface area contributed by atoms with Crippen molar-refractivity contribution in [3.63, 3.8) is 0 Å². The molecule has 3 heteroatoms. The molecule has 0 spiro atoms. The van der Waals surface area contributed by atoms with Crippen LogP contribution in [0.25, 0.3) is 5.69 Å². The summed E-state index contributed by atoms with van der Waals surface area (Å²) < 4.78 is 1.97. The summed E-state index contributed by atoms with van der Waals surface area (Å²) >= 11 is 0. The van der Waals surface area contributed by atoms with Crippen LogP contribution in [0, 0.1) is 5.92 Å². The van der Waals surface area contributed by atoms with Gasteiger partial charge in [0.05, 0.1) is 17.4 Å². The Hall–Kier alpha value is -1.61. The van der Waals surface area contributed by atoms with Crippen molar-refractivity contribution >= 4 is 0 Å². The molecular weight excluding hydrogens is 234 g/mol. The molecule has 0 bridgehead atoms. The van der Waals surface area contributed by atoms with Crippen LogP contribution in [-0.4, -0.2) is 16.8 Å². The Morgan fingerprint density at radius 2 is 1.89 bits per heavy atom. The van der Waals surface area contributed by atoms with E-state index < -0.39 is 0 Å². The Kier molecular flexibility index (Phi) is 3.65. The van der Waals surface area contributed by atoms with Crippen molar-refractivity contribution in [1.82, 2.24) is 15.1 Å². The van der Waals surface area contributed by atoms with E-state index in [1.165, 1.54) is 31.4 Å². The van der Waals surface area contributed by atoms with Gasteiger partial charge in [-0.3, -0.25) is 0 Å². The van der Waals surface area contributed by atoms with Gasteiger partial charge in [-0.2, -0.15) is 5.10 Å². The van der Waals surface area contributed by atoms with Gasteiger partial charge in [0, 0.05) is 6.20 Å². The Morgan fingerprint density at radius 3 is 2.58 bits per heavy atom. The lowest BCUT2D eigenvalue weighted by molar-refractivity contribution is 0.381. The third kappa shape index (κ3) is 2.56. The van der Waals surface area contributed by atoms with E-state index in [2.05, 4.69) is 29.7 Å². The van der Waals surface area contributed by atoms with E-state index in [-0.39, 0.29) is 0 Å². The molecule has 1 unspecified atom stereocenters. The van der Waals surface area contributed by atoms with Gasteiger partial charge in [0.2, 0.25) is 0 Å². The van der Waals surface area contributed by atoms with Gasteiger partial charge in [0.15, 0.2) is 0 Å². The molecule has 0 radical (unpaired) electrons. The highest BCUT2D eigenvalue weighted by atomic mass is 15.3. The fourth-order valence-electron chi connectivity index (χ4n) is 3.14. The minimum Gasteiger partial charge on any atom is -0.311 e. The lowest BCUT2D eigenvalue weighted by Crippen LogP contribution is -2.24. The molecule has 1 aromatic carbocycles. The molecule has 1 saturated carbocycles. The van der Waals surface area contributed by atoms with Gasteiger partial charge < -0.3 is 5.32 Å². The quantitative estimate of drug-likeness (QED) is 0.908. The van der Waals surface area contributed by atoms with Gasteiger partial charge in [-0.1, -0.05) is 31.0 Å². The van der Waals surface area contributed by atoms with Gasteiger partial charge in [0.1, 0.15) is 0 Å². The minimum atomic E-state index is 0.396. The molecule has 3 nitrogen and oxygen atoms in total. The molecule has 1 aliphatic carbocycles. The molecule has 0 saturated heterocycles. The van der Waals surface area contributed by atoms with Crippen LogP contribution in [0.1, 0.15) is 37.4 Å². The predicted molar refractivity (Wildman–Crippen MR) is 77.3 cm³/mol. The SMILES string of the molecule is CNC(c1ccn(-c2ccccc2)n1)C1CCCC1. The first-order valence-corrected chi connectivity index (χ1v) is 7.17. The number of hydrogen-bond acceptors (Lipinski definition) is 2. The van der Waals surface area contributed by atoms with Crippen LogP contribution >= 0.6 is 0 Å². The minimum absolute atomic E-state index is 0.396. The first kappa shape index (κ1) is 12.4. The zero-order valence-corrected chi connectivity index (χ0v) is 11.4. The Bertz CT molecular complexity index is 512. The zero-order chi connectivity index (χ0) is 13.1. The van der Waals surface area contributed by atoms with Gasteiger partial charge in [0.25, 0.3) is 0 Å².